The summed E-state index contributed by atoms with van der Waals surface area (Å²) in [6, 6.07) is 14.6. The number of nitrogens with zero attached hydrogens (tertiary/aromatic N) is 2. The molecule has 0 spiro atoms. The molecule has 2 aromatic rings. The summed E-state index contributed by atoms with van der Waals surface area (Å²) in [5, 5.41) is 3.40. The Morgan fingerprint density at radius 2 is 1.78 bits per heavy atom. The number of halogens is 3. The molecule has 27 heavy (non-hydrogen) atoms. The lowest BCUT2D eigenvalue weighted by atomic mass is 9.99. The van der Waals surface area contributed by atoms with Gasteiger partial charge in [-0.25, -0.2) is 8.78 Å². The molecule has 2 aromatic carbocycles. The van der Waals surface area contributed by atoms with E-state index in [1.54, 1.807) is 7.05 Å². The molecule has 3 nitrogen and oxygen atoms in total. The molecule has 3 atom stereocenters. The van der Waals surface area contributed by atoms with Gasteiger partial charge in [-0.3, -0.25) is 4.99 Å². The number of benzene rings is 2. The molecular formula is C21H24F2IN3. The van der Waals surface area contributed by atoms with Gasteiger partial charge in [0.1, 0.15) is 11.6 Å². The van der Waals surface area contributed by atoms with Crippen molar-refractivity contribution < 1.29 is 8.78 Å². The molecule has 4 rings (SSSR count). The predicted molar refractivity (Wildman–Crippen MR) is 115 cm³/mol. The van der Waals surface area contributed by atoms with Crippen LogP contribution in [0, 0.1) is 11.6 Å². The van der Waals surface area contributed by atoms with E-state index in [2.05, 4.69) is 39.5 Å². The summed E-state index contributed by atoms with van der Waals surface area (Å²) in [7, 11) is 1.76. The third-order valence-corrected chi connectivity index (χ3v) is 5.45. The molecule has 0 amide bonds. The summed E-state index contributed by atoms with van der Waals surface area (Å²) in [5.41, 5.74) is 1.55. The second kappa shape index (κ2) is 8.54. The van der Waals surface area contributed by atoms with E-state index in [1.165, 1.54) is 23.8 Å². The minimum absolute atomic E-state index is 0. The molecule has 1 saturated carbocycles. The van der Waals surface area contributed by atoms with Gasteiger partial charge in [-0.05, 0) is 30.5 Å². The van der Waals surface area contributed by atoms with Crippen molar-refractivity contribution in [2.75, 3.05) is 20.1 Å². The van der Waals surface area contributed by atoms with Crippen LogP contribution in [0.3, 0.4) is 0 Å². The van der Waals surface area contributed by atoms with Crippen molar-refractivity contribution in [1.82, 2.24) is 10.2 Å². The number of nitrogens with one attached hydrogen (secondary N) is 1. The molecule has 1 saturated heterocycles. The molecule has 0 aromatic heterocycles. The van der Waals surface area contributed by atoms with Crippen molar-refractivity contribution >= 4 is 29.9 Å². The van der Waals surface area contributed by atoms with E-state index < -0.39 is 11.6 Å². The first-order chi connectivity index (χ1) is 12.7. The van der Waals surface area contributed by atoms with Gasteiger partial charge in [0.25, 0.3) is 0 Å². The van der Waals surface area contributed by atoms with Crippen molar-refractivity contribution in [2.45, 2.75) is 30.7 Å². The van der Waals surface area contributed by atoms with Crippen LogP contribution < -0.4 is 5.32 Å². The third-order valence-electron chi connectivity index (χ3n) is 5.45. The Balaban J connectivity index is 0.00000210. The summed E-state index contributed by atoms with van der Waals surface area (Å²) in [6.07, 6.45) is 1.81. The lowest BCUT2D eigenvalue weighted by Gasteiger charge is -2.22. The highest BCUT2D eigenvalue weighted by molar-refractivity contribution is 14.0. The van der Waals surface area contributed by atoms with Crippen molar-refractivity contribution in [1.29, 1.82) is 0 Å². The molecule has 2 fully saturated rings. The Morgan fingerprint density at radius 1 is 1.07 bits per heavy atom. The van der Waals surface area contributed by atoms with Crippen LogP contribution in [0.15, 0.2) is 53.5 Å². The van der Waals surface area contributed by atoms with Crippen molar-refractivity contribution in [2.24, 2.45) is 4.99 Å². The third kappa shape index (κ3) is 4.25. The standard InChI is InChI=1S/C21H23F2N3.HI/c1-24-21(26-11-10-15(13-26)14-6-3-2-4-7-14)25-19-12-16(19)20-17(22)8-5-9-18(20)23;/h2-9,15-16,19H,10-13H2,1H3,(H,24,25);1H. The van der Waals surface area contributed by atoms with Crippen LogP contribution in [0.1, 0.15) is 35.8 Å². The fourth-order valence-corrected chi connectivity index (χ4v) is 3.95. The highest BCUT2D eigenvalue weighted by Crippen LogP contribution is 2.43. The molecule has 0 radical (unpaired) electrons. The van der Waals surface area contributed by atoms with Crippen molar-refractivity contribution in [3.8, 4) is 0 Å². The Labute approximate surface area is 175 Å². The fourth-order valence-electron chi connectivity index (χ4n) is 3.95. The maximum atomic E-state index is 14.0. The largest absolute Gasteiger partial charge is 0.353 e. The zero-order valence-electron chi connectivity index (χ0n) is 15.2. The fraction of sp³-hybridized carbons (Fsp3) is 0.381. The molecule has 3 unspecified atom stereocenters. The van der Waals surface area contributed by atoms with E-state index in [0.717, 1.165) is 31.9 Å². The van der Waals surface area contributed by atoms with Crippen LogP contribution >= 0.6 is 24.0 Å². The van der Waals surface area contributed by atoms with E-state index in [-0.39, 0.29) is 41.5 Å². The first-order valence-electron chi connectivity index (χ1n) is 9.14. The van der Waals surface area contributed by atoms with Gasteiger partial charge in [-0.15, -0.1) is 24.0 Å². The first kappa shape index (κ1) is 20.0. The molecule has 1 aliphatic heterocycles. The van der Waals surface area contributed by atoms with Gasteiger partial charge >= 0.3 is 0 Å². The number of aliphatic imine (C=N–C) groups is 1. The second-order valence-corrected chi connectivity index (χ2v) is 7.12. The lowest BCUT2D eigenvalue weighted by molar-refractivity contribution is 0.483. The Morgan fingerprint density at radius 3 is 2.44 bits per heavy atom. The topological polar surface area (TPSA) is 27.6 Å². The zero-order valence-corrected chi connectivity index (χ0v) is 17.6. The Kier molecular flexibility index (Phi) is 6.34. The van der Waals surface area contributed by atoms with E-state index >= 15 is 0 Å². The summed E-state index contributed by atoms with van der Waals surface area (Å²) < 4.78 is 27.9. The average Bonchev–Trinajstić information content (AvgIpc) is 3.22. The zero-order chi connectivity index (χ0) is 18.1. The molecule has 1 heterocycles. The molecule has 6 heteroatoms. The first-order valence-corrected chi connectivity index (χ1v) is 9.14. The molecule has 0 bridgehead atoms. The molecule has 144 valence electrons. The lowest BCUT2D eigenvalue weighted by Crippen LogP contribution is -2.41. The SMILES string of the molecule is CN=C(NC1CC1c1c(F)cccc1F)N1CCC(c2ccccc2)C1.I. The quantitative estimate of drug-likeness (QED) is 0.396. The predicted octanol–water partition coefficient (Wildman–Crippen LogP) is 4.50. The van der Waals surface area contributed by atoms with Gasteiger partial charge < -0.3 is 10.2 Å². The Bertz CT molecular complexity index is 792. The Hall–Kier alpha value is -1.70. The summed E-state index contributed by atoms with van der Waals surface area (Å²) >= 11 is 0. The maximum absolute atomic E-state index is 14.0. The summed E-state index contributed by atoms with van der Waals surface area (Å²) in [4.78, 5) is 6.64. The minimum Gasteiger partial charge on any atom is -0.353 e. The van der Waals surface area contributed by atoms with Crippen molar-refractivity contribution in [3.05, 3.63) is 71.3 Å². The van der Waals surface area contributed by atoms with E-state index in [1.807, 2.05) is 6.07 Å². The average molecular weight is 483 g/mol. The van der Waals surface area contributed by atoms with Crippen LogP contribution in [0.4, 0.5) is 8.78 Å². The van der Waals surface area contributed by atoms with Crippen LogP contribution in [-0.2, 0) is 0 Å². The van der Waals surface area contributed by atoms with E-state index in [4.69, 9.17) is 0 Å². The van der Waals surface area contributed by atoms with Crippen molar-refractivity contribution in [3.63, 3.8) is 0 Å². The minimum atomic E-state index is -0.459. The number of guanidine groups is 1. The van der Waals surface area contributed by atoms with Crippen LogP contribution in [0.2, 0.25) is 0 Å². The highest BCUT2D eigenvalue weighted by Gasteiger charge is 2.43. The molecule has 1 aliphatic carbocycles. The van der Waals surface area contributed by atoms with Gasteiger partial charge in [-0.1, -0.05) is 36.4 Å². The summed E-state index contributed by atoms with van der Waals surface area (Å²) in [6.45, 7) is 1.85. The number of likely N-dealkylation sites (tertiary alicyclic amines) is 1. The monoisotopic (exact) mass is 483 g/mol. The van der Waals surface area contributed by atoms with Gasteiger partial charge in [-0.2, -0.15) is 0 Å². The molecule has 2 aliphatic rings. The second-order valence-electron chi connectivity index (χ2n) is 7.12. The van der Waals surface area contributed by atoms with Gasteiger partial charge in [0.2, 0.25) is 0 Å². The van der Waals surface area contributed by atoms with Gasteiger partial charge in [0, 0.05) is 43.6 Å². The van der Waals surface area contributed by atoms with E-state index in [9.17, 15) is 8.78 Å². The summed E-state index contributed by atoms with van der Waals surface area (Å²) in [5.74, 6) is 0.279. The van der Waals surface area contributed by atoms with Crippen LogP contribution in [-0.4, -0.2) is 37.0 Å². The molecule has 1 N–H and O–H groups in total. The van der Waals surface area contributed by atoms with Gasteiger partial charge in [0.15, 0.2) is 5.96 Å². The van der Waals surface area contributed by atoms with Gasteiger partial charge in [0.05, 0.1) is 0 Å². The number of hydrogen-bond donors (Lipinski definition) is 1. The number of hydrogen-bond acceptors (Lipinski definition) is 1. The maximum Gasteiger partial charge on any atom is 0.193 e. The highest BCUT2D eigenvalue weighted by atomic mass is 127. The van der Waals surface area contributed by atoms with Crippen LogP contribution in [0.25, 0.3) is 0 Å². The number of rotatable bonds is 3. The van der Waals surface area contributed by atoms with E-state index in [0.29, 0.717) is 5.92 Å². The normalized spacial score (nSPS) is 24.5. The van der Waals surface area contributed by atoms with Crippen LogP contribution in [0.5, 0.6) is 0 Å². The smallest absolute Gasteiger partial charge is 0.193 e. The molecular weight excluding hydrogens is 459 g/mol.